The molecule has 0 saturated carbocycles. The summed E-state index contributed by atoms with van der Waals surface area (Å²) in [6, 6.07) is 9.12. The Morgan fingerprint density at radius 2 is 1.90 bits per heavy atom. The van der Waals surface area contributed by atoms with E-state index < -0.39 is 6.10 Å². The maximum atomic E-state index is 10.6. The third-order valence-electron chi connectivity index (χ3n) is 3.16. The summed E-state index contributed by atoms with van der Waals surface area (Å²) in [7, 11) is 0. The van der Waals surface area contributed by atoms with E-state index in [1.165, 1.54) is 0 Å². The average molecular weight is 437 g/mol. The number of aliphatic hydroxyl groups excluding tert-OH is 1. The van der Waals surface area contributed by atoms with Crippen LogP contribution in [0.5, 0.6) is 5.75 Å². The molecule has 0 spiro atoms. The van der Waals surface area contributed by atoms with Gasteiger partial charge in [0.25, 0.3) is 0 Å². The number of hydrogen-bond donors (Lipinski definition) is 1. The van der Waals surface area contributed by atoms with E-state index in [4.69, 9.17) is 27.9 Å². The van der Waals surface area contributed by atoms with E-state index in [0.29, 0.717) is 28.0 Å². The number of aliphatic hydroxyl groups is 1. The molecule has 0 aliphatic carbocycles. The molecule has 0 aromatic heterocycles. The highest BCUT2D eigenvalue weighted by atomic mass is 127. The first kappa shape index (κ1) is 16.9. The Balaban J connectivity index is 2.46. The van der Waals surface area contributed by atoms with Crippen LogP contribution >= 0.6 is 45.8 Å². The van der Waals surface area contributed by atoms with Crippen LogP contribution in [0.15, 0.2) is 30.3 Å². The average Bonchev–Trinajstić information content (AvgIpc) is 2.45. The zero-order valence-corrected chi connectivity index (χ0v) is 15.3. The van der Waals surface area contributed by atoms with Crippen LogP contribution in [-0.2, 0) is 0 Å². The van der Waals surface area contributed by atoms with Crippen molar-refractivity contribution in [3.63, 3.8) is 0 Å². The molecule has 0 amide bonds. The smallest absolute Gasteiger partial charge is 0.139 e. The fourth-order valence-electron chi connectivity index (χ4n) is 2.07. The summed E-state index contributed by atoms with van der Waals surface area (Å²) < 4.78 is 6.42. The third kappa shape index (κ3) is 3.65. The minimum absolute atomic E-state index is 0.438. The molecule has 1 atom stereocenters. The second kappa shape index (κ2) is 7.18. The van der Waals surface area contributed by atoms with Crippen molar-refractivity contribution in [1.82, 2.24) is 0 Å². The van der Waals surface area contributed by atoms with Gasteiger partial charge in [0, 0.05) is 15.2 Å². The van der Waals surface area contributed by atoms with Crippen molar-refractivity contribution in [1.29, 1.82) is 0 Å². The van der Waals surface area contributed by atoms with Gasteiger partial charge in [-0.15, -0.1) is 0 Å². The van der Waals surface area contributed by atoms with Gasteiger partial charge < -0.3 is 9.84 Å². The minimum atomic E-state index is -0.822. The number of ether oxygens (including phenoxy) is 1. The van der Waals surface area contributed by atoms with Crippen LogP contribution in [0.4, 0.5) is 0 Å². The first-order chi connectivity index (χ1) is 9.95. The molecular weight excluding hydrogens is 422 g/mol. The Morgan fingerprint density at radius 1 is 1.19 bits per heavy atom. The Labute approximate surface area is 148 Å². The summed E-state index contributed by atoms with van der Waals surface area (Å²) in [5.41, 5.74) is 2.51. The molecule has 112 valence electrons. The molecule has 2 nitrogen and oxygen atoms in total. The molecule has 0 bridgehead atoms. The van der Waals surface area contributed by atoms with Crippen molar-refractivity contribution >= 4 is 45.8 Å². The van der Waals surface area contributed by atoms with E-state index in [9.17, 15) is 5.11 Å². The molecule has 0 aliphatic rings. The summed E-state index contributed by atoms with van der Waals surface area (Å²) in [6.07, 6.45) is -0.822. The Kier molecular flexibility index (Phi) is 5.77. The number of halogens is 3. The van der Waals surface area contributed by atoms with E-state index in [-0.39, 0.29) is 0 Å². The molecular formula is C16H15Cl2IO2. The molecule has 0 heterocycles. The van der Waals surface area contributed by atoms with Crippen LogP contribution in [-0.4, -0.2) is 11.7 Å². The van der Waals surface area contributed by atoms with Gasteiger partial charge >= 0.3 is 0 Å². The van der Waals surface area contributed by atoms with Crippen molar-refractivity contribution in [2.75, 3.05) is 6.61 Å². The van der Waals surface area contributed by atoms with Gasteiger partial charge in [0.2, 0.25) is 0 Å². The monoisotopic (exact) mass is 436 g/mol. The van der Waals surface area contributed by atoms with E-state index in [2.05, 4.69) is 22.6 Å². The van der Waals surface area contributed by atoms with Crippen molar-refractivity contribution in [3.8, 4) is 5.75 Å². The second-order valence-electron chi connectivity index (χ2n) is 4.62. The molecule has 2 aromatic rings. The summed E-state index contributed by atoms with van der Waals surface area (Å²) in [5.74, 6) is 0.527. The van der Waals surface area contributed by atoms with Crippen molar-refractivity contribution in [3.05, 3.63) is 60.6 Å². The normalized spacial score (nSPS) is 12.3. The van der Waals surface area contributed by atoms with Gasteiger partial charge in [-0.2, -0.15) is 0 Å². The highest BCUT2D eigenvalue weighted by Crippen LogP contribution is 2.37. The van der Waals surface area contributed by atoms with Crippen LogP contribution in [0.2, 0.25) is 10.0 Å². The SMILES string of the molecule is CCOc1cc(Cl)c(C(O)c2cccc(C)c2I)cc1Cl. The van der Waals surface area contributed by atoms with E-state index in [1.807, 2.05) is 32.0 Å². The molecule has 0 saturated heterocycles. The van der Waals surface area contributed by atoms with Crippen molar-refractivity contribution in [2.24, 2.45) is 0 Å². The lowest BCUT2D eigenvalue weighted by Gasteiger charge is -2.17. The minimum Gasteiger partial charge on any atom is -0.492 e. The predicted molar refractivity (Wildman–Crippen MR) is 95.6 cm³/mol. The van der Waals surface area contributed by atoms with E-state index in [0.717, 1.165) is 14.7 Å². The highest BCUT2D eigenvalue weighted by Gasteiger charge is 2.19. The molecule has 2 rings (SSSR count). The first-order valence-corrected chi connectivity index (χ1v) is 8.34. The van der Waals surface area contributed by atoms with Gasteiger partial charge in [-0.05, 0) is 53.6 Å². The van der Waals surface area contributed by atoms with Crippen molar-refractivity contribution in [2.45, 2.75) is 20.0 Å². The van der Waals surface area contributed by atoms with Crippen molar-refractivity contribution < 1.29 is 9.84 Å². The molecule has 5 heteroatoms. The van der Waals surface area contributed by atoms with Gasteiger partial charge in [0.05, 0.1) is 16.7 Å². The van der Waals surface area contributed by atoms with Crippen LogP contribution < -0.4 is 4.74 Å². The Morgan fingerprint density at radius 3 is 2.57 bits per heavy atom. The maximum Gasteiger partial charge on any atom is 0.139 e. The summed E-state index contributed by atoms with van der Waals surface area (Å²) in [4.78, 5) is 0. The van der Waals surface area contributed by atoms with Gasteiger partial charge in [-0.1, -0.05) is 41.4 Å². The lowest BCUT2D eigenvalue weighted by atomic mass is 10.00. The highest BCUT2D eigenvalue weighted by molar-refractivity contribution is 14.1. The summed E-state index contributed by atoms with van der Waals surface area (Å²) in [6.45, 7) is 4.39. The number of benzene rings is 2. The largest absolute Gasteiger partial charge is 0.492 e. The molecule has 1 N–H and O–H groups in total. The van der Waals surface area contributed by atoms with Gasteiger partial charge in [-0.3, -0.25) is 0 Å². The number of aryl methyl sites for hydroxylation is 1. The van der Waals surface area contributed by atoms with Gasteiger partial charge in [0.1, 0.15) is 11.9 Å². The molecule has 0 aliphatic heterocycles. The second-order valence-corrected chi connectivity index (χ2v) is 6.51. The van der Waals surface area contributed by atoms with Crippen LogP contribution in [0.1, 0.15) is 29.7 Å². The van der Waals surface area contributed by atoms with Gasteiger partial charge in [0.15, 0.2) is 0 Å². The summed E-state index contributed by atoms with van der Waals surface area (Å²) in [5, 5.41) is 11.5. The van der Waals surface area contributed by atoms with Crippen LogP contribution in [0, 0.1) is 10.5 Å². The lowest BCUT2D eigenvalue weighted by Crippen LogP contribution is -2.04. The number of rotatable bonds is 4. The van der Waals surface area contributed by atoms with Crippen LogP contribution in [0.3, 0.4) is 0 Å². The third-order valence-corrected chi connectivity index (χ3v) is 5.26. The van der Waals surface area contributed by atoms with Gasteiger partial charge in [-0.25, -0.2) is 0 Å². The zero-order valence-electron chi connectivity index (χ0n) is 11.7. The standard InChI is InChI=1S/C16H15Cl2IO2/c1-3-21-14-8-12(17)11(7-13(14)18)16(20)10-6-4-5-9(2)15(10)19/h4-8,16,20H,3H2,1-2H3. The molecule has 21 heavy (non-hydrogen) atoms. The fourth-order valence-corrected chi connectivity index (χ4v) is 3.21. The topological polar surface area (TPSA) is 29.5 Å². The first-order valence-electron chi connectivity index (χ1n) is 6.50. The zero-order chi connectivity index (χ0) is 15.6. The summed E-state index contributed by atoms with van der Waals surface area (Å²) >= 11 is 14.7. The number of hydrogen-bond acceptors (Lipinski definition) is 2. The van der Waals surface area contributed by atoms with Crippen LogP contribution in [0.25, 0.3) is 0 Å². The fraction of sp³-hybridized carbons (Fsp3) is 0.250. The predicted octanol–water partition coefficient (Wildman–Crippen LogP) is 5.39. The molecule has 1 unspecified atom stereocenters. The molecule has 2 aromatic carbocycles. The quantitative estimate of drug-likeness (QED) is 0.651. The van der Waals surface area contributed by atoms with E-state index >= 15 is 0 Å². The van der Waals surface area contributed by atoms with E-state index in [1.54, 1.807) is 12.1 Å². The lowest BCUT2D eigenvalue weighted by molar-refractivity contribution is 0.219. The Hall–Kier alpha value is -0.490. The molecule has 0 radical (unpaired) electrons. The maximum absolute atomic E-state index is 10.6. The Bertz CT molecular complexity index is 659. The molecule has 0 fully saturated rings.